The molecule has 0 amide bonds. The Balaban J connectivity index is 0.000000948. The summed E-state index contributed by atoms with van der Waals surface area (Å²) in [6.45, 7) is 6.40. The van der Waals surface area contributed by atoms with Crippen LogP contribution in [0.25, 0.3) is 11.1 Å². The fraction of sp³-hybridized carbons (Fsp3) is 0.538. The van der Waals surface area contributed by atoms with Crippen molar-refractivity contribution < 1.29 is 0 Å². The molecule has 0 nitrogen and oxygen atoms in total. The van der Waals surface area contributed by atoms with E-state index in [2.05, 4.69) is 55.5 Å². The Kier molecular flexibility index (Phi) is 6.94. The predicted octanol–water partition coefficient (Wildman–Crippen LogP) is 8.02. The number of hydrogen-bond acceptors (Lipinski definition) is 0. The quantitative estimate of drug-likeness (QED) is 0.525. The second-order valence-electron chi connectivity index (χ2n) is 8.28. The van der Waals surface area contributed by atoms with Crippen LogP contribution in [0.2, 0.25) is 0 Å². The van der Waals surface area contributed by atoms with E-state index in [4.69, 9.17) is 0 Å². The van der Waals surface area contributed by atoms with Crippen molar-refractivity contribution in [1.29, 1.82) is 0 Å². The van der Waals surface area contributed by atoms with E-state index in [-0.39, 0.29) is 0 Å². The number of benzene rings is 2. The molecule has 2 aromatic rings. The minimum atomic E-state index is 0.792. The fourth-order valence-corrected chi connectivity index (χ4v) is 4.40. The normalized spacial score (nSPS) is 22.9. The highest BCUT2D eigenvalue weighted by molar-refractivity contribution is 5.64. The lowest BCUT2D eigenvalue weighted by Crippen LogP contribution is -2.13. The Morgan fingerprint density at radius 1 is 0.692 bits per heavy atom. The lowest BCUT2D eigenvalue weighted by Gasteiger charge is -2.26. The summed E-state index contributed by atoms with van der Waals surface area (Å²) in [5.74, 6) is 2.67. The molecule has 0 aromatic heterocycles. The summed E-state index contributed by atoms with van der Waals surface area (Å²) in [5, 5.41) is 0. The van der Waals surface area contributed by atoms with Gasteiger partial charge in [0.2, 0.25) is 0 Å². The molecule has 2 aromatic carbocycles. The zero-order valence-electron chi connectivity index (χ0n) is 17.0. The van der Waals surface area contributed by atoms with E-state index in [1.165, 1.54) is 68.1 Å². The fourth-order valence-electron chi connectivity index (χ4n) is 4.40. The molecule has 0 saturated heterocycles. The molecule has 4 rings (SSSR count). The number of hydrogen-bond donors (Lipinski definition) is 0. The minimum absolute atomic E-state index is 0.792. The Morgan fingerprint density at radius 2 is 1.23 bits per heavy atom. The van der Waals surface area contributed by atoms with Crippen LogP contribution >= 0.6 is 0 Å². The standard InChI is InChI=1S/C24H30.C2H6/c1-18-5-9-21(10-6-18)23-13-15-24(16-14-23)22-11-7-20(8-12-22)17-19-3-2-4-19;1-2/h7-8,11-16,18-19,21H,2-6,9-10,17H2,1H3;1-2H3. The van der Waals surface area contributed by atoms with Crippen molar-refractivity contribution in [2.45, 2.75) is 78.1 Å². The van der Waals surface area contributed by atoms with Gasteiger partial charge in [0, 0.05) is 0 Å². The van der Waals surface area contributed by atoms with Crippen molar-refractivity contribution in [1.82, 2.24) is 0 Å². The van der Waals surface area contributed by atoms with Gasteiger partial charge in [0.05, 0.1) is 0 Å². The van der Waals surface area contributed by atoms with Crippen molar-refractivity contribution in [3.05, 3.63) is 59.7 Å². The van der Waals surface area contributed by atoms with Crippen LogP contribution < -0.4 is 0 Å². The summed E-state index contributed by atoms with van der Waals surface area (Å²) in [5.41, 5.74) is 5.78. The van der Waals surface area contributed by atoms with Crippen LogP contribution in [0.15, 0.2) is 48.5 Å². The molecule has 0 atom stereocenters. The maximum atomic E-state index is 2.40. The zero-order chi connectivity index (χ0) is 18.4. The van der Waals surface area contributed by atoms with E-state index in [9.17, 15) is 0 Å². The van der Waals surface area contributed by atoms with Crippen molar-refractivity contribution >= 4 is 0 Å². The molecule has 0 bridgehead atoms. The van der Waals surface area contributed by atoms with Gasteiger partial charge in [-0.15, -0.1) is 0 Å². The topological polar surface area (TPSA) is 0 Å². The van der Waals surface area contributed by atoms with Crippen LogP contribution in [0.5, 0.6) is 0 Å². The van der Waals surface area contributed by atoms with Gasteiger partial charge in [-0.1, -0.05) is 101 Å². The molecule has 0 aliphatic heterocycles. The van der Waals surface area contributed by atoms with E-state index >= 15 is 0 Å². The van der Waals surface area contributed by atoms with Gasteiger partial charge in [0.1, 0.15) is 0 Å². The van der Waals surface area contributed by atoms with Crippen LogP contribution in [-0.2, 0) is 6.42 Å². The molecule has 0 heterocycles. The molecule has 0 unspecified atom stereocenters. The molecule has 0 radical (unpaired) electrons. The third-order valence-electron chi connectivity index (χ3n) is 6.43. The third-order valence-corrected chi connectivity index (χ3v) is 6.43. The molecular formula is C26H36. The van der Waals surface area contributed by atoms with Gasteiger partial charge in [-0.25, -0.2) is 0 Å². The van der Waals surface area contributed by atoms with Gasteiger partial charge in [-0.2, -0.15) is 0 Å². The van der Waals surface area contributed by atoms with Crippen molar-refractivity contribution in [2.24, 2.45) is 11.8 Å². The Bertz CT molecular complexity index is 637. The molecule has 140 valence electrons. The highest BCUT2D eigenvalue weighted by Crippen LogP contribution is 2.36. The molecule has 0 N–H and O–H groups in total. The van der Waals surface area contributed by atoms with Crippen LogP contribution in [0.1, 0.15) is 82.8 Å². The molecule has 2 saturated carbocycles. The van der Waals surface area contributed by atoms with Gasteiger partial charge in [-0.05, 0) is 59.3 Å². The summed E-state index contributed by atoms with van der Waals surface area (Å²) in [6, 6.07) is 18.7. The SMILES string of the molecule is CC.CC1CCC(c2ccc(-c3ccc(CC4CCC4)cc3)cc2)CC1. The largest absolute Gasteiger partial charge is 0.0683 e. The van der Waals surface area contributed by atoms with E-state index < -0.39 is 0 Å². The highest BCUT2D eigenvalue weighted by atomic mass is 14.2. The molecule has 2 fully saturated rings. The van der Waals surface area contributed by atoms with Crippen LogP contribution in [0.3, 0.4) is 0 Å². The van der Waals surface area contributed by atoms with E-state index in [0.717, 1.165) is 17.8 Å². The van der Waals surface area contributed by atoms with E-state index in [0.29, 0.717) is 0 Å². The zero-order valence-corrected chi connectivity index (χ0v) is 17.0. The van der Waals surface area contributed by atoms with Crippen molar-refractivity contribution in [2.75, 3.05) is 0 Å². The number of rotatable bonds is 4. The summed E-state index contributed by atoms with van der Waals surface area (Å²) in [4.78, 5) is 0. The minimum Gasteiger partial charge on any atom is -0.0683 e. The van der Waals surface area contributed by atoms with E-state index in [1.807, 2.05) is 13.8 Å². The smallest absolute Gasteiger partial charge is 0.0162 e. The first kappa shape index (κ1) is 19.2. The Hall–Kier alpha value is -1.56. The molecule has 0 spiro atoms. The summed E-state index contributed by atoms with van der Waals surface area (Å²) in [6.07, 6.45) is 11.1. The van der Waals surface area contributed by atoms with Gasteiger partial charge in [-0.3, -0.25) is 0 Å². The average Bonchev–Trinajstić information content (AvgIpc) is 2.68. The van der Waals surface area contributed by atoms with Gasteiger partial charge in [0.25, 0.3) is 0 Å². The average molecular weight is 349 g/mol. The lowest BCUT2D eigenvalue weighted by atomic mass is 9.79. The first-order valence-electron chi connectivity index (χ1n) is 11.0. The van der Waals surface area contributed by atoms with Crippen molar-refractivity contribution in [3.63, 3.8) is 0 Å². The van der Waals surface area contributed by atoms with Crippen LogP contribution in [0.4, 0.5) is 0 Å². The molecule has 2 aliphatic carbocycles. The summed E-state index contributed by atoms with van der Waals surface area (Å²) in [7, 11) is 0. The lowest BCUT2D eigenvalue weighted by molar-refractivity contribution is 0.314. The third kappa shape index (κ3) is 4.78. The molecule has 26 heavy (non-hydrogen) atoms. The summed E-state index contributed by atoms with van der Waals surface area (Å²) < 4.78 is 0. The summed E-state index contributed by atoms with van der Waals surface area (Å²) >= 11 is 0. The van der Waals surface area contributed by atoms with Crippen LogP contribution in [0, 0.1) is 11.8 Å². The molecular weight excluding hydrogens is 312 g/mol. The first-order valence-corrected chi connectivity index (χ1v) is 11.0. The highest BCUT2D eigenvalue weighted by Gasteiger charge is 2.20. The van der Waals surface area contributed by atoms with Gasteiger partial charge < -0.3 is 0 Å². The van der Waals surface area contributed by atoms with Gasteiger partial charge >= 0.3 is 0 Å². The van der Waals surface area contributed by atoms with Crippen LogP contribution in [-0.4, -0.2) is 0 Å². The van der Waals surface area contributed by atoms with Gasteiger partial charge in [0.15, 0.2) is 0 Å². The maximum Gasteiger partial charge on any atom is -0.0162 e. The second-order valence-corrected chi connectivity index (χ2v) is 8.28. The molecule has 2 aliphatic rings. The van der Waals surface area contributed by atoms with Crippen molar-refractivity contribution in [3.8, 4) is 11.1 Å². The first-order chi connectivity index (χ1) is 12.8. The Morgan fingerprint density at radius 3 is 1.73 bits per heavy atom. The predicted molar refractivity (Wildman–Crippen MR) is 115 cm³/mol. The maximum absolute atomic E-state index is 2.40. The molecule has 0 heteroatoms. The second kappa shape index (κ2) is 9.40. The monoisotopic (exact) mass is 348 g/mol. The van der Waals surface area contributed by atoms with E-state index in [1.54, 1.807) is 5.56 Å². The Labute approximate surface area is 161 Å².